The topological polar surface area (TPSA) is 76.7 Å². The van der Waals surface area contributed by atoms with Gasteiger partial charge in [0.1, 0.15) is 11.5 Å². The summed E-state index contributed by atoms with van der Waals surface area (Å²) >= 11 is 0. The van der Waals surface area contributed by atoms with Crippen molar-refractivity contribution in [1.82, 2.24) is 5.32 Å². The predicted octanol–water partition coefficient (Wildman–Crippen LogP) is 3.99. The lowest BCUT2D eigenvalue weighted by Crippen LogP contribution is -2.23. The second kappa shape index (κ2) is 10.2. The summed E-state index contributed by atoms with van der Waals surface area (Å²) in [5, 5.41) is 5.54. The van der Waals surface area contributed by atoms with E-state index in [0.717, 1.165) is 11.3 Å². The first-order chi connectivity index (χ1) is 14.8. The zero-order chi connectivity index (χ0) is 22.3. The third-order valence-corrected chi connectivity index (χ3v) is 4.58. The third-order valence-electron chi connectivity index (χ3n) is 4.58. The van der Waals surface area contributed by atoms with Crippen LogP contribution in [0, 0.1) is 0 Å². The molecule has 0 aromatic heterocycles. The van der Waals surface area contributed by atoms with Gasteiger partial charge in [0, 0.05) is 25.1 Å². The van der Waals surface area contributed by atoms with Crippen molar-refractivity contribution in [3.63, 3.8) is 0 Å². The summed E-state index contributed by atoms with van der Waals surface area (Å²) in [5.41, 5.74) is 2.47. The maximum Gasteiger partial charge on any atom is 0.422 e. The van der Waals surface area contributed by atoms with Crippen LogP contribution in [0.3, 0.4) is 0 Å². The molecule has 0 saturated carbocycles. The number of anilines is 1. The van der Waals surface area contributed by atoms with Gasteiger partial charge in [-0.1, -0.05) is 12.1 Å². The van der Waals surface area contributed by atoms with Crippen molar-refractivity contribution in [1.29, 1.82) is 0 Å². The van der Waals surface area contributed by atoms with E-state index in [1.807, 2.05) is 6.07 Å². The van der Waals surface area contributed by atoms with E-state index in [4.69, 9.17) is 9.47 Å². The van der Waals surface area contributed by atoms with Gasteiger partial charge in [0.25, 0.3) is 0 Å². The highest BCUT2D eigenvalue weighted by Gasteiger charge is 2.28. The molecule has 9 heteroatoms. The zero-order valence-corrected chi connectivity index (χ0v) is 16.8. The first-order valence-corrected chi connectivity index (χ1v) is 9.89. The average Bonchev–Trinajstić information content (AvgIpc) is 2.73. The zero-order valence-electron chi connectivity index (χ0n) is 16.8. The molecule has 1 heterocycles. The molecule has 0 bridgehead atoms. The number of halogens is 3. The van der Waals surface area contributed by atoms with E-state index in [2.05, 4.69) is 10.6 Å². The summed E-state index contributed by atoms with van der Waals surface area (Å²) in [5.74, 6) is 0.610. The second-order valence-corrected chi connectivity index (χ2v) is 7.15. The number of rotatable bonds is 9. The fraction of sp³-hybridized carbons (Fsp3) is 0.364. The summed E-state index contributed by atoms with van der Waals surface area (Å²) in [6, 6.07) is 11.6. The Hall–Kier alpha value is -3.23. The molecule has 2 aromatic carbocycles. The van der Waals surface area contributed by atoms with Crippen molar-refractivity contribution in [2.45, 2.75) is 38.4 Å². The van der Waals surface area contributed by atoms with Crippen LogP contribution in [0.15, 0.2) is 42.5 Å². The molecule has 6 nitrogen and oxygen atoms in total. The molecule has 0 radical (unpaired) electrons. The largest absolute Gasteiger partial charge is 0.494 e. The molecule has 0 atom stereocenters. The monoisotopic (exact) mass is 436 g/mol. The van der Waals surface area contributed by atoms with Gasteiger partial charge in [0.05, 0.1) is 6.61 Å². The number of carbonyl (C=O) groups excluding carboxylic acids is 2. The molecular weight excluding hydrogens is 413 g/mol. The van der Waals surface area contributed by atoms with Crippen LogP contribution in [0.1, 0.15) is 30.4 Å². The molecule has 2 aromatic rings. The Balaban J connectivity index is 1.36. The molecule has 0 fully saturated rings. The standard InChI is InChI=1S/C22H23F3N2O4/c23-22(24,25)14-31-17-4-1-3-15(11-17)13-26-20(28)5-2-10-30-18-7-8-19-16(12-18)6-9-21(29)27-19/h1,3-4,7-8,11-12H,2,5-6,9-10,13-14H2,(H,26,28)(H,27,29). The third kappa shape index (κ3) is 7.51. The highest BCUT2D eigenvalue weighted by atomic mass is 19.4. The lowest BCUT2D eigenvalue weighted by atomic mass is 10.0. The van der Waals surface area contributed by atoms with Crippen LogP contribution in [0.25, 0.3) is 0 Å². The highest BCUT2D eigenvalue weighted by Crippen LogP contribution is 2.27. The Morgan fingerprint density at radius 1 is 1.06 bits per heavy atom. The number of hydrogen-bond acceptors (Lipinski definition) is 4. The van der Waals surface area contributed by atoms with E-state index < -0.39 is 12.8 Å². The van der Waals surface area contributed by atoms with Crippen LogP contribution in [-0.4, -0.2) is 31.2 Å². The van der Waals surface area contributed by atoms with Gasteiger partial charge in [-0.3, -0.25) is 9.59 Å². The van der Waals surface area contributed by atoms with E-state index in [1.54, 1.807) is 24.3 Å². The number of amides is 2. The fourth-order valence-electron chi connectivity index (χ4n) is 3.07. The van der Waals surface area contributed by atoms with Crippen LogP contribution in [0.4, 0.5) is 18.9 Å². The molecule has 1 aliphatic rings. The lowest BCUT2D eigenvalue weighted by molar-refractivity contribution is -0.153. The van der Waals surface area contributed by atoms with Crippen LogP contribution in [-0.2, 0) is 22.6 Å². The highest BCUT2D eigenvalue weighted by molar-refractivity contribution is 5.94. The normalized spacial score (nSPS) is 13.2. The van der Waals surface area contributed by atoms with Crippen molar-refractivity contribution >= 4 is 17.5 Å². The van der Waals surface area contributed by atoms with E-state index in [-0.39, 0.29) is 30.5 Å². The van der Waals surface area contributed by atoms with Gasteiger partial charge in [0.2, 0.25) is 11.8 Å². The number of benzene rings is 2. The van der Waals surface area contributed by atoms with E-state index in [1.165, 1.54) is 12.1 Å². The smallest absolute Gasteiger partial charge is 0.422 e. The van der Waals surface area contributed by atoms with Gasteiger partial charge in [0.15, 0.2) is 6.61 Å². The molecule has 0 saturated heterocycles. The fourth-order valence-corrected chi connectivity index (χ4v) is 3.07. The molecule has 0 unspecified atom stereocenters. The molecule has 31 heavy (non-hydrogen) atoms. The Morgan fingerprint density at radius 2 is 1.87 bits per heavy atom. The second-order valence-electron chi connectivity index (χ2n) is 7.15. The number of alkyl halides is 3. The summed E-state index contributed by atoms with van der Waals surface area (Å²) < 4.78 is 47.1. The predicted molar refractivity (Wildman–Crippen MR) is 108 cm³/mol. The van der Waals surface area contributed by atoms with E-state index in [0.29, 0.717) is 37.2 Å². The molecule has 3 rings (SSSR count). The Morgan fingerprint density at radius 3 is 2.68 bits per heavy atom. The maximum atomic E-state index is 12.2. The van der Waals surface area contributed by atoms with Gasteiger partial charge in [-0.15, -0.1) is 0 Å². The number of nitrogens with one attached hydrogen (secondary N) is 2. The minimum atomic E-state index is -4.40. The SMILES string of the molecule is O=C(CCCOc1ccc2c(c1)CCC(=O)N2)NCc1cccc(OCC(F)(F)F)c1. The van der Waals surface area contributed by atoms with Crippen LogP contribution in [0.2, 0.25) is 0 Å². The van der Waals surface area contributed by atoms with Gasteiger partial charge in [-0.2, -0.15) is 13.2 Å². The minimum Gasteiger partial charge on any atom is -0.494 e. The van der Waals surface area contributed by atoms with Crippen molar-refractivity contribution in [2.75, 3.05) is 18.5 Å². The number of ether oxygens (including phenoxy) is 2. The van der Waals surface area contributed by atoms with Gasteiger partial charge < -0.3 is 20.1 Å². The lowest BCUT2D eigenvalue weighted by Gasteiger charge is -2.17. The van der Waals surface area contributed by atoms with Crippen molar-refractivity contribution in [3.05, 3.63) is 53.6 Å². The van der Waals surface area contributed by atoms with Gasteiger partial charge in [-0.25, -0.2) is 0 Å². The number of hydrogen-bond donors (Lipinski definition) is 2. The van der Waals surface area contributed by atoms with E-state index >= 15 is 0 Å². The summed E-state index contributed by atoms with van der Waals surface area (Å²) in [4.78, 5) is 23.4. The van der Waals surface area contributed by atoms with Crippen molar-refractivity contribution < 1.29 is 32.2 Å². The Labute approximate surface area is 177 Å². The van der Waals surface area contributed by atoms with Crippen LogP contribution < -0.4 is 20.1 Å². The minimum absolute atomic E-state index is 0.00717. The molecule has 0 spiro atoms. The number of aryl methyl sites for hydroxylation is 1. The molecule has 1 aliphatic heterocycles. The average molecular weight is 436 g/mol. The first-order valence-electron chi connectivity index (χ1n) is 9.89. The maximum absolute atomic E-state index is 12.2. The summed E-state index contributed by atoms with van der Waals surface area (Å²) in [7, 11) is 0. The van der Waals surface area contributed by atoms with Crippen molar-refractivity contribution in [3.8, 4) is 11.5 Å². The van der Waals surface area contributed by atoms with Crippen LogP contribution in [0.5, 0.6) is 11.5 Å². The Kier molecular flexibility index (Phi) is 7.38. The van der Waals surface area contributed by atoms with Crippen molar-refractivity contribution in [2.24, 2.45) is 0 Å². The number of fused-ring (bicyclic) bond motifs is 1. The van der Waals surface area contributed by atoms with Gasteiger partial charge in [-0.05, 0) is 54.3 Å². The molecule has 0 aliphatic carbocycles. The Bertz CT molecular complexity index is 931. The molecular formula is C22H23F3N2O4. The molecule has 2 amide bonds. The first kappa shape index (κ1) is 22.5. The quantitative estimate of drug-likeness (QED) is 0.583. The summed E-state index contributed by atoms with van der Waals surface area (Å²) in [6.07, 6.45) is -2.52. The number of carbonyl (C=O) groups is 2. The molecule has 166 valence electrons. The molecule has 2 N–H and O–H groups in total. The van der Waals surface area contributed by atoms with Gasteiger partial charge >= 0.3 is 6.18 Å². The summed E-state index contributed by atoms with van der Waals surface area (Å²) in [6.45, 7) is -0.805. The van der Waals surface area contributed by atoms with Crippen LogP contribution >= 0.6 is 0 Å². The van der Waals surface area contributed by atoms with E-state index in [9.17, 15) is 22.8 Å².